The van der Waals surface area contributed by atoms with Crippen molar-refractivity contribution in [1.82, 2.24) is 0 Å². The van der Waals surface area contributed by atoms with Gasteiger partial charge in [-0.1, -0.05) is 0 Å². The number of carbonyl (C=O) groups excluding carboxylic acids is 1. The lowest BCUT2D eigenvalue weighted by Crippen LogP contribution is -2.14. The van der Waals surface area contributed by atoms with Gasteiger partial charge in [0.25, 0.3) is 0 Å². The monoisotopic (exact) mass is 270 g/mol. The van der Waals surface area contributed by atoms with Crippen LogP contribution in [0, 0.1) is 0 Å². The summed E-state index contributed by atoms with van der Waals surface area (Å²) < 4.78 is 21.5. The largest absolute Gasteiger partial charge is 0.497 e. The molecule has 0 aromatic heterocycles. The second-order valence-corrected chi connectivity index (χ2v) is 5.36. The Hall–Kier alpha value is -1.20. The van der Waals surface area contributed by atoms with Gasteiger partial charge in [-0.2, -0.15) is 0 Å². The predicted molar refractivity (Wildman–Crippen MR) is 71.7 cm³/mol. The van der Waals surface area contributed by atoms with E-state index in [2.05, 4.69) is 0 Å². The zero-order chi connectivity index (χ0) is 13.4. The Balaban J connectivity index is 2.46. The third-order valence-electron chi connectivity index (χ3n) is 2.42. The first-order valence-corrected chi connectivity index (χ1v) is 7.17. The molecule has 18 heavy (non-hydrogen) atoms. The number of benzene rings is 1. The van der Waals surface area contributed by atoms with Gasteiger partial charge in [0.05, 0.1) is 12.9 Å². The summed E-state index contributed by atoms with van der Waals surface area (Å²) in [4.78, 5) is 11.8. The molecule has 0 saturated heterocycles. The molecule has 1 atom stereocenters. The predicted octanol–water partition coefficient (Wildman–Crippen LogP) is 1.66. The zero-order valence-corrected chi connectivity index (χ0v) is 11.5. The number of ketones is 1. The average Bonchev–Trinajstić information content (AvgIpc) is 2.39. The van der Waals surface area contributed by atoms with Crippen LogP contribution in [-0.2, 0) is 15.5 Å². The normalized spacial score (nSPS) is 12.1. The van der Waals surface area contributed by atoms with Crippen molar-refractivity contribution in [2.75, 3.05) is 32.3 Å². The molecule has 0 heterocycles. The average molecular weight is 270 g/mol. The Labute approximate surface area is 110 Å². The van der Waals surface area contributed by atoms with Crippen molar-refractivity contribution in [3.8, 4) is 5.75 Å². The van der Waals surface area contributed by atoms with Crippen LogP contribution in [0.15, 0.2) is 24.3 Å². The molecule has 5 heteroatoms. The van der Waals surface area contributed by atoms with Crippen LogP contribution in [0.5, 0.6) is 5.75 Å². The van der Waals surface area contributed by atoms with Gasteiger partial charge in [0, 0.05) is 35.8 Å². The molecule has 0 aliphatic rings. The summed E-state index contributed by atoms with van der Waals surface area (Å²) in [6, 6.07) is 6.82. The highest BCUT2D eigenvalue weighted by molar-refractivity contribution is 7.85. The molecular weight excluding hydrogens is 252 g/mol. The van der Waals surface area contributed by atoms with Gasteiger partial charge in [-0.3, -0.25) is 9.00 Å². The number of carbonyl (C=O) groups is 1. The Morgan fingerprint density at radius 2 is 1.89 bits per heavy atom. The minimum absolute atomic E-state index is 0.0655. The smallest absolute Gasteiger partial charge is 0.175 e. The van der Waals surface area contributed by atoms with Gasteiger partial charge < -0.3 is 9.47 Å². The molecule has 0 fully saturated rings. The van der Waals surface area contributed by atoms with E-state index in [4.69, 9.17) is 9.47 Å². The van der Waals surface area contributed by atoms with Crippen LogP contribution in [0.3, 0.4) is 0 Å². The topological polar surface area (TPSA) is 52.6 Å². The molecule has 1 rings (SSSR count). The number of Topliss-reactive ketones (excluding diaryl/α,β-unsaturated/α-hetero) is 1. The van der Waals surface area contributed by atoms with Gasteiger partial charge >= 0.3 is 0 Å². The molecule has 0 spiro atoms. The van der Waals surface area contributed by atoms with E-state index in [0.717, 1.165) is 0 Å². The second-order valence-electron chi connectivity index (χ2n) is 3.79. The third kappa shape index (κ3) is 4.98. The molecule has 0 aliphatic heterocycles. The molecular formula is C13H18O4S. The number of methoxy groups -OCH3 is 2. The molecule has 0 N–H and O–H groups in total. The van der Waals surface area contributed by atoms with Crippen molar-refractivity contribution in [3.05, 3.63) is 29.8 Å². The Morgan fingerprint density at radius 1 is 1.22 bits per heavy atom. The van der Waals surface area contributed by atoms with Crippen molar-refractivity contribution < 1.29 is 18.5 Å². The van der Waals surface area contributed by atoms with Gasteiger partial charge in [0.1, 0.15) is 5.75 Å². The van der Waals surface area contributed by atoms with Gasteiger partial charge in [0.2, 0.25) is 0 Å². The molecule has 0 bridgehead atoms. The van der Waals surface area contributed by atoms with Crippen LogP contribution in [0.25, 0.3) is 0 Å². The third-order valence-corrected chi connectivity index (χ3v) is 3.75. The van der Waals surface area contributed by atoms with Crippen LogP contribution >= 0.6 is 0 Å². The van der Waals surface area contributed by atoms with Crippen molar-refractivity contribution in [3.63, 3.8) is 0 Å². The van der Waals surface area contributed by atoms with Gasteiger partial charge in [-0.05, 0) is 30.7 Å². The maximum Gasteiger partial charge on any atom is 0.175 e. The summed E-state index contributed by atoms with van der Waals surface area (Å²) in [7, 11) is 2.05. The van der Waals surface area contributed by atoms with Crippen LogP contribution in [0.4, 0.5) is 0 Å². The lowest BCUT2D eigenvalue weighted by Gasteiger charge is -2.03. The van der Waals surface area contributed by atoms with Crippen molar-refractivity contribution in [2.24, 2.45) is 0 Å². The van der Waals surface area contributed by atoms with E-state index in [0.29, 0.717) is 30.1 Å². The minimum atomic E-state index is -1.12. The first-order valence-electron chi connectivity index (χ1n) is 5.68. The first-order chi connectivity index (χ1) is 8.67. The lowest BCUT2D eigenvalue weighted by atomic mass is 10.1. The highest BCUT2D eigenvalue weighted by atomic mass is 32.2. The number of ether oxygens (including phenoxy) is 2. The summed E-state index contributed by atoms with van der Waals surface area (Å²) >= 11 is 0. The zero-order valence-electron chi connectivity index (χ0n) is 10.7. The number of hydrogen-bond acceptors (Lipinski definition) is 4. The minimum Gasteiger partial charge on any atom is -0.497 e. The molecule has 1 aromatic carbocycles. The second kappa shape index (κ2) is 8.00. The van der Waals surface area contributed by atoms with E-state index >= 15 is 0 Å². The Bertz CT molecular complexity index is 400. The molecule has 4 nitrogen and oxygen atoms in total. The summed E-state index contributed by atoms with van der Waals surface area (Å²) in [5.74, 6) is 1.16. The summed E-state index contributed by atoms with van der Waals surface area (Å²) in [5.41, 5.74) is 0.566. The SMILES string of the molecule is COCCCS(=O)CC(=O)c1ccc(OC)cc1. The Kier molecular flexibility index (Phi) is 6.60. The maximum atomic E-state index is 11.8. The molecule has 0 saturated carbocycles. The van der Waals surface area contributed by atoms with Crippen molar-refractivity contribution in [2.45, 2.75) is 6.42 Å². The van der Waals surface area contributed by atoms with Crippen LogP contribution in [-0.4, -0.2) is 42.3 Å². The molecule has 100 valence electrons. The number of hydrogen-bond donors (Lipinski definition) is 0. The van der Waals surface area contributed by atoms with E-state index in [1.54, 1.807) is 38.5 Å². The lowest BCUT2D eigenvalue weighted by molar-refractivity contribution is 0.102. The van der Waals surface area contributed by atoms with E-state index in [-0.39, 0.29) is 11.5 Å². The molecule has 1 aromatic rings. The highest BCUT2D eigenvalue weighted by Gasteiger charge is 2.10. The summed E-state index contributed by atoms with van der Waals surface area (Å²) in [6.45, 7) is 0.572. The van der Waals surface area contributed by atoms with Gasteiger partial charge in [-0.15, -0.1) is 0 Å². The van der Waals surface area contributed by atoms with E-state index in [1.165, 1.54) is 0 Å². The summed E-state index contributed by atoms with van der Waals surface area (Å²) in [6.07, 6.45) is 0.707. The van der Waals surface area contributed by atoms with Gasteiger partial charge in [0.15, 0.2) is 5.78 Å². The molecule has 1 unspecified atom stereocenters. The van der Waals surface area contributed by atoms with Crippen molar-refractivity contribution >= 4 is 16.6 Å². The molecule has 0 aliphatic carbocycles. The molecule has 0 amide bonds. The fourth-order valence-corrected chi connectivity index (χ4v) is 2.49. The quantitative estimate of drug-likeness (QED) is 0.532. The van der Waals surface area contributed by atoms with Crippen LogP contribution < -0.4 is 4.74 Å². The first kappa shape index (κ1) is 14.9. The highest BCUT2D eigenvalue weighted by Crippen LogP contribution is 2.12. The molecule has 0 radical (unpaired) electrons. The summed E-state index contributed by atoms with van der Waals surface area (Å²) in [5, 5.41) is 0. The van der Waals surface area contributed by atoms with Crippen LogP contribution in [0.1, 0.15) is 16.8 Å². The van der Waals surface area contributed by atoms with Crippen LogP contribution in [0.2, 0.25) is 0 Å². The van der Waals surface area contributed by atoms with Crippen molar-refractivity contribution in [1.29, 1.82) is 0 Å². The van der Waals surface area contributed by atoms with E-state index in [9.17, 15) is 9.00 Å². The van der Waals surface area contributed by atoms with E-state index in [1.807, 2.05) is 0 Å². The van der Waals surface area contributed by atoms with Gasteiger partial charge in [-0.25, -0.2) is 0 Å². The fraction of sp³-hybridized carbons (Fsp3) is 0.462. The fourth-order valence-electron chi connectivity index (χ4n) is 1.44. The van der Waals surface area contributed by atoms with E-state index < -0.39 is 10.8 Å². The number of rotatable bonds is 8. The Morgan fingerprint density at radius 3 is 2.44 bits per heavy atom. The standard InChI is InChI=1S/C13H18O4S/c1-16-8-3-9-18(15)10-13(14)11-4-6-12(17-2)7-5-11/h4-7H,3,8-10H2,1-2H3. The maximum absolute atomic E-state index is 11.8.